The molecule has 23 heavy (non-hydrogen) atoms. The molecular formula is C17H16ClNO4. The van der Waals surface area contributed by atoms with Crippen LogP contribution < -0.4 is 10.1 Å². The second-order valence-corrected chi connectivity index (χ2v) is 5.28. The van der Waals surface area contributed by atoms with Gasteiger partial charge >= 0.3 is 5.97 Å². The molecule has 6 heteroatoms. The fourth-order valence-electron chi connectivity index (χ4n) is 2.14. The van der Waals surface area contributed by atoms with E-state index in [9.17, 15) is 9.59 Å². The highest BCUT2D eigenvalue weighted by Crippen LogP contribution is 2.22. The number of benzene rings is 2. The van der Waals surface area contributed by atoms with Crippen molar-refractivity contribution in [2.75, 3.05) is 7.11 Å². The standard InChI is InChI=1S/C17H16ClNO4/c1-23-12-8-6-11(7-9-12)15(10-16(20)21)19-17(22)13-4-2-3-5-14(13)18/h2-9,15H,10H2,1H3,(H,19,22)(H,20,21). The summed E-state index contributed by atoms with van der Waals surface area (Å²) in [6.45, 7) is 0. The SMILES string of the molecule is COc1ccc(C(CC(=O)O)NC(=O)c2ccccc2Cl)cc1. The first kappa shape index (κ1) is 16.8. The predicted molar refractivity (Wildman–Crippen MR) is 86.9 cm³/mol. The summed E-state index contributed by atoms with van der Waals surface area (Å²) in [7, 11) is 1.54. The molecule has 2 aromatic carbocycles. The van der Waals surface area contributed by atoms with Crippen molar-refractivity contribution in [3.63, 3.8) is 0 Å². The highest BCUT2D eigenvalue weighted by atomic mass is 35.5. The zero-order chi connectivity index (χ0) is 16.8. The molecule has 0 radical (unpaired) electrons. The van der Waals surface area contributed by atoms with Crippen molar-refractivity contribution in [2.24, 2.45) is 0 Å². The van der Waals surface area contributed by atoms with Crippen molar-refractivity contribution >= 4 is 23.5 Å². The number of hydrogen-bond acceptors (Lipinski definition) is 3. The summed E-state index contributed by atoms with van der Waals surface area (Å²) < 4.78 is 5.08. The summed E-state index contributed by atoms with van der Waals surface area (Å²) in [4.78, 5) is 23.4. The van der Waals surface area contributed by atoms with Crippen LogP contribution in [0.2, 0.25) is 5.02 Å². The van der Waals surface area contributed by atoms with E-state index in [1.165, 1.54) is 0 Å². The molecule has 0 spiro atoms. The number of aliphatic carboxylic acids is 1. The summed E-state index contributed by atoms with van der Waals surface area (Å²) in [6.07, 6.45) is -0.234. The van der Waals surface area contributed by atoms with E-state index in [1.807, 2.05) is 0 Å². The van der Waals surface area contributed by atoms with Crippen LogP contribution in [0.4, 0.5) is 0 Å². The van der Waals surface area contributed by atoms with E-state index >= 15 is 0 Å². The molecule has 0 aliphatic carbocycles. The Morgan fingerprint density at radius 3 is 2.39 bits per heavy atom. The predicted octanol–water partition coefficient (Wildman–Crippen LogP) is 3.29. The summed E-state index contributed by atoms with van der Waals surface area (Å²) in [5, 5.41) is 12.1. The molecule has 0 saturated carbocycles. The second-order valence-electron chi connectivity index (χ2n) is 4.88. The lowest BCUT2D eigenvalue weighted by atomic mass is 10.0. The molecule has 2 rings (SSSR count). The quantitative estimate of drug-likeness (QED) is 0.850. The number of rotatable bonds is 6. The number of halogens is 1. The smallest absolute Gasteiger partial charge is 0.305 e. The number of carboxylic acid groups (broad SMARTS) is 1. The molecule has 0 aliphatic heterocycles. The van der Waals surface area contributed by atoms with E-state index in [0.29, 0.717) is 21.9 Å². The monoisotopic (exact) mass is 333 g/mol. The Bertz CT molecular complexity index is 700. The lowest BCUT2D eigenvalue weighted by Gasteiger charge is -2.18. The maximum Gasteiger partial charge on any atom is 0.305 e. The number of methoxy groups -OCH3 is 1. The third kappa shape index (κ3) is 4.47. The number of hydrogen-bond donors (Lipinski definition) is 2. The van der Waals surface area contributed by atoms with Crippen LogP contribution in [0.15, 0.2) is 48.5 Å². The van der Waals surface area contributed by atoms with E-state index in [4.69, 9.17) is 21.4 Å². The van der Waals surface area contributed by atoms with Crippen molar-refractivity contribution in [3.8, 4) is 5.75 Å². The lowest BCUT2D eigenvalue weighted by Crippen LogP contribution is -2.30. The molecule has 1 unspecified atom stereocenters. The van der Waals surface area contributed by atoms with Gasteiger partial charge in [0.15, 0.2) is 0 Å². The third-order valence-electron chi connectivity index (χ3n) is 3.32. The zero-order valence-electron chi connectivity index (χ0n) is 12.5. The Labute approximate surface area is 138 Å². The van der Waals surface area contributed by atoms with Crippen LogP contribution in [0.5, 0.6) is 5.75 Å². The maximum absolute atomic E-state index is 12.3. The van der Waals surface area contributed by atoms with Gasteiger partial charge in [0.25, 0.3) is 5.91 Å². The van der Waals surface area contributed by atoms with Gasteiger partial charge in [0, 0.05) is 0 Å². The molecule has 2 N–H and O–H groups in total. The van der Waals surface area contributed by atoms with Crippen LogP contribution in [-0.2, 0) is 4.79 Å². The molecule has 0 saturated heterocycles. The van der Waals surface area contributed by atoms with Crippen LogP contribution in [0, 0.1) is 0 Å². The van der Waals surface area contributed by atoms with Crippen molar-refractivity contribution in [1.82, 2.24) is 5.32 Å². The van der Waals surface area contributed by atoms with Crippen molar-refractivity contribution in [1.29, 1.82) is 0 Å². The molecule has 0 bridgehead atoms. The summed E-state index contributed by atoms with van der Waals surface area (Å²) >= 11 is 6.00. The molecular weight excluding hydrogens is 318 g/mol. The number of carbonyl (C=O) groups excluding carboxylic acids is 1. The number of ether oxygens (including phenoxy) is 1. The Hall–Kier alpha value is -2.53. The van der Waals surface area contributed by atoms with Gasteiger partial charge in [0.05, 0.1) is 30.2 Å². The minimum absolute atomic E-state index is 0.234. The van der Waals surface area contributed by atoms with E-state index in [2.05, 4.69) is 5.32 Å². The minimum Gasteiger partial charge on any atom is -0.497 e. The topological polar surface area (TPSA) is 75.6 Å². The van der Waals surface area contributed by atoms with Crippen molar-refractivity contribution < 1.29 is 19.4 Å². The van der Waals surface area contributed by atoms with Crippen LogP contribution >= 0.6 is 11.6 Å². The summed E-state index contributed by atoms with van der Waals surface area (Å²) in [6, 6.07) is 12.8. The highest BCUT2D eigenvalue weighted by molar-refractivity contribution is 6.33. The van der Waals surface area contributed by atoms with Gasteiger partial charge in [-0.2, -0.15) is 0 Å². The fourth-order valence-corrected chi connectivity index (χ4v) is 2.37. The number of carbonyl (C=O) groups is 2. The van der Waals surface area contributed by atoms with Gasteiger partial charge in [-0.1, -0.05) is 35.9 Å². The first-order chi connectivity index (χ1) is 11.0. The Morgan fingerprint density at radius 1 is 1.17 bits per heavy atom. The molecule has 0 heterocycles. The number of amides is 1. The van der Waals surface area contributed by atoms with Crippen LogP contribution in [0.25, 0.3) is 0 Å². The molecule has 2 aromatic rings. The fraction of sp³-hybridized carbons (Fsp3) is 0.176. The van der Waals surface area contributed by atoms with E-state index in [0.717, 1.165) is 0 Å². The van der Waals surface area contributed by atoms with Gasteiger partial charge in [-0.25, -0.2) is 0 Å². The zero-order valence-corrected chi connectivity index (χ0v) is 13.2. The van der Waals surface area contributed by atoms with E-state index in [-0.39, 0.29) is 6.42 Å². The Kier molecular flexibility index (Phi) is 5.60. The van der Waals surface area contributed by atoms with Gasteiger partial charge in [-0.05, 0) is 29.8 Å². The Balaban J connectivity index is 2.23. The largest absolute Gasteiger partial charge is 0.497 e. The first-order valence-corrected chi connectivity index (χ1v) is 7.30. The third-order valence-corrected chi connectivity index (χ3v) is 3.65. The maximum atomic E-state index is 12.3. The average molecular weight is 334 g/mol. The molecule has 0 aliphatic rings. The van der Waals surface area contributed by atoms with Gasteiger partial charge in [0.2, 0.25) is 0 Å². The van der Waals surface area contributed by atoms with Crippen LogP contribution in [0.1, 0.15) is 28.4 Å². The van der Waals surface area contributed by atoms with E-state index in [1.54, 1.807) is 55.6 Å². The van der Waals surface area contributed by atoms with Crippen molar-refractivity contribution in [2.45, 2.75) is 12.5 Å². The molecule has 1 amide bonds. The number of nitrogens with one attached hydrogen (secondary N) is 1. The summed E-state index contributed by atoms with van der Waals surface area (Å²) in [5.74, 6) is -0.775. The highest BCUT2D eigenvalue weighted by Gasteiger charge is 2.20. The van der Waals surface area contributed by atoms with Gasteiger partial charge in [0.1, 0.15) is 5.75 Å². The van der Waals surface area contributed by atoms with Crippen molar-refractivity contribution in [3.05, 3.63) is 64.7 Å². The average Bonchev–Trinajstić information content (AvgIpc) is 2.54. The molecule has 1 atom stereocenters. The van der Waals surface area contributed by atoms with Crippen LogP contribution in [-0.4, -0.2) is 24.1 Å². The molecule has 0 fully saturated rings. The van der Waals surface area contributed by atoms with Crippen LogP contribution in [0.3, 0.4) is 0 Å². The second kappa shape index (κ2) is 7.65. The summed E-state index contributed by atoms with van der Waals surface area (Å²) in [5.41, 5.74) is 0.978. The first-order valence-electron chi connectivity index (χ1n) is 6.92. The van der Waals surface area contributed by atoms with Gasteiger partial charge in [-0.15, -0.1) is 0 Å². The molecule has 0 aromatic heterocycles. The minimum atomic E-state index is -1.01. The van der Waals surface area contributed by atoms with Gasteiger partial charge < -0.3 is 15.2 Å². The molecule has 5 nitrogen and oxygen atoms in total. The number of carboxylic acids is 1. The Morgan fingerprint density at radius 2 is 1.83 bits per heavy atom. The normalized spacial score (nSPS) is 11.6. The lowest BCUT2D eigenvalue weighted by molar-refractivity contribution is -0.137. The molecule has 120 valence electrons. The van der Waals surface area contributed by atoms with Gasteiger partial charge in [-0.3, -0.25) is 9.59 Å². The van der Waals surface area contributed by atoms with E-state index < -0.39 is 17.9 Å².